The largest absolute Gasteiger partial charge is 0.374 e. The predicted octanol–water partition coefficient (Wildman–Crippen LogP) is 3.21. The third kappa shape index (κ3) is 4.44. The number of rotatable bonds is 4. The Bertz CT molecular complexity index is 371. The smallest absolute Gasteiger partial charge is 0.123 e. The van der Waals surface area contributed by atoms with E-state index in [2.05, 4.69) is 5.32 Å². The van der Waals surface area contributed by atoms with Gasteiger partial charge in [0.05, 0.1) is 18.2 Å². The molecule has 0 aliphatic rings. The van der Waals surface area contributed by atoms with E-state index in [9.17, 15) is 4.39 Å². The van der Waals surface area contributed by atoms with Crippen molar-refractivity contribution in [3.8, 4) is 0 Å². The van der Waals surface area contributed by atoms with E-state index in [0.717, 1.165) is 11.1 Å². The molecule has 0 aromatic heterocycles. The van der Waals surface area contributed by atoms with Gasteiger partial charge >= 0.3 is 0 Å². The van der Waals surface area contributed by atoms with E-state index in [1.165, 1.54) is 6.07 Å². The second-order valence-electron chi connectivity index (χ2n) is 5.27. The predicted molar refractivity (Wildman–Crippen MR) is 68.6 cm³/mol. The summed E-state index contributed by atoms with van der Waals surface area (Å²) in [6.45, 7) is 8.55. The van der Waals surface area contributed by atoms with E-state index in [-0.39, 0.29) is 17.5 Å². The minimum Gasteiger partial charge on any atom is -0.374 e. The summed E-state index contributed by atoms with van der Waals surface area (Å²) >= 11 is 0. The van der Waals surface area contributed by atoms with Crippen molar-refractivity contribution < 1.29 is 9.13 Å². The summed E-state index contributed by atoms with van der Waals surface area (Å²) in [6, 6.07) is 4.87. The van der Waals surface area contributed by atoms with Crippen molar-refractivity contribution >= 4 is 0 Å². The van der Waals surface area contributed by atoms with Gasteiger partial charge in [-0.2, -0.15) is 0 Å². The lowest BCUT2D eigenvalue weighted by Gasteiger charge is -2.25. The van der Waals surface area contributed by atoms with Crippen molar-refractivity contribution in [3.63, 3.8) is 0 Å². The molecule has 1 N–H and O–H groups in total. The first-order chi connectivity index (χ1) is 7.83. The number of halogens is 1. The van der Waals surface area contributed by atoms with Crippen LogP contribution in [0.2, 0.25) is 0 Å². The summed E-state index contributed by atoms with van der Waals surface area (Å²) in [7, 11) is 1.86. The first kappa shape index (κ1) is 14.1. The Morgan fingerprint density at radius 2 is 2.00 bits per heavy atom. The van der Waals surface area contributed by atoms with Gasteiger partial charge in [-0.3, -0.25) is 0 Å². The Balaban J connectivity index is 2.82. The highest BCUT2D eigenvalue weighted by atomic mass is 19.1. The Hall–Kier alpha value is -0.930. The van der Waals surface area contributed by atoms with Crippen molar-refractivity contribution in [1.82, 2.24) is 5.32 Å². The van der Waals surface area contributed by atoms with E-state index >= 15 is 0 Å². The van der Waals surface area contributed by atoms with Gasteiger partial charge < -0.3 is 10.1 Å². The molecule has 1 aromatic rings. The third-order valence-corrected chi connectivity index (χ3v) is 2.65. The molecule has 0 spiro atoms. The first-order valence-electron chi connectivity index (χ1n) is 5.91. The lowest BCUT2D eigenvalue weighted by molar-refractivity contribution is -0.0140. The number of hydrogen-bond donors (Lipinski definition) is 1. The Morgan fingerprint density at radius 1 is 1.35 bits per heavy atom. The fourth-order valence-electron chi connectivity index (χ4n) is 1.65. The maximum absolute atomic E-state index is 13.2. The summed E-state index contributed by atoms with van der Waals surface area (Å²) in [5.74, 6) is -0.207. The highest BCUT2D eigenvalue weighted by Crippen LogP contribution is 2.21. The highest BCUT2D eigenvalue weighted by molar-refractivity contribution is 5.29. The van der Waals surface area contributed by atoms with Gasteiger partial charge in [-0.15, -0.1) is 0 Å². The molecule has 0 bridgehead atoms. The van der Waals surface area contributed by atoms with Crippen LogP contribution in [0, 0.1) is 12.7 Å². The molecule has 96 valence electrons. The zero-order valence-corrected chi connectivity index (χ0v) is 11.3. The van der Waals surface area contributed by atoms with Gasteiger partial charge in [0, 0.05) is 0 Å². The second kappa shape index (κ2) is 5.61. The number of hydrogen-bond acceptors (Lipinski definition) is 2. The standard InChI is InChI=1S/C14H22FNO/c1-10-6-7-11(15)8-12(10)13(16-5)9-17-14(2,3)4/h6-8,13,16H,9H2,1-5H3. The van der Waals surface area contributed by atoms with E-state index in [1.807, 2.05) is 34.7 Å². The fourth-order valence-corrected chi connectivity index (χ4v) is 1.65. The van der Waals surface area contributed by atoms with Crippen LogP contribution in [0.5, 0.6) is 0 Å². The minimum atomic E-state index is -0.207. The molecule has 1 rings (SSSR count). The van der Waals surface area contributed by atoms with Crippen molar-refractivity contribution in [1.29, 1.82) is 0 Å². The van der Waals surface area contributed by atoms with Crippen molar-refractivity contribution in [2.24, 2.45) is 0 Å². The summed E-state index contributed by atoms with van der Waals surface area (Å²) in [6.07, 6.45) is 0. The monoisotopic (exact) mass is 239 g/mol. The zero-order chi connectivity index (χ0) is 13.1. The number of aryl methyl sites for hydroxylation is 1. The van der Waals surface area contributed by atoms with Crippen molar-refractivity contribution in [2.75, 3.05) is 13.7 Å². The molecule has 3 heteroatoms. The summed E-state index contributed by atoms with van der Waals surface area (Å²) in [5.41, 5.74) is 1.84. The number of likely N-dealkylation sites (N-methyl/N-ethyl adjacent to an activating group) is 1. The first-order valence-corrected chi connectivity index (χ1v) is 5.91. The molecule has 0 aliphatic heterocycles. The molecule has 1 aromatic carbocycles. The molecule has 1 atom stereocenters. The van der Waals surface area contributed by atoms with Crippen LogP contribution in [0.15, 0.2) is 18.2 Å². The van der Waals surface area contributed by atoms with Crippen LogP contribution < -0.4 is 5.32 Å². The molecule has 17 heavy (non-hydrogen) atoms. The topological polar surface area (TPSA) is 21.3 Å². The molecule has 0 saturated carbocycles. The Kier molecular flexibility index (Phi) is 4.66. The molecule has 0 aliphatic carbocycles. The van der Waals surface area contributed by atoms with Gasteiger partial charge in [0.25, 0.3) is 0 Å². The Morgan fingerprint density at radius 3 is 2.53 bits per heavy atom. The van der Waals surface area contributed by atoms with Crippen LogP contribution >= 0.6 is 0 Å². The SMILES string of the molecule is CNC(COC(C)(C)C)c1cc(F)ccc1C. The third-order valence-electron chi connectivity index (χ3n) is 2.65. The van der Waals surface area contributed by atoms with E-state index in [4.69, 9.17) is 4.74 Å². The molecular weight excluding hydrogens is 217 g/mol. The van der Waals surface area contributed by atoms with E-state index in [0.29, 0.717) is 6.61 Å². The number of nitrogens with one attached hydrogen (secondary N) is 1. The molecule has 0 radical (unpaired) electrons. The highest BCUT2D eigenvalue weighted by Gasteiger charge is 2.17. The molecule has 0 saturated heterocycles. The van der Waals surface area contributed by atoms with Crippen LogP contribution in [0.25, 0.3) is 0 Å². The van der Waals surface area contributed by atoms with Gasteiger partial charge in [-0.1, -0.05) is 6.07 Å². The van der Waals surface area contributed by atoms with E-state index < -0.39 is 0 Å². The fraction of sp³-hybridized carbons (Fsp3) is 0.571. The minimum absolute atomic E-state index is 0.0184. The number of ether oxygens (including phenoxy) is 1. The van der Waals surface area contributed by atoms with Crippen LogP contribution in [-0.2, 0) is 4.74 Å². The lowest BCUT2D eigenvalue weighted by Crippen LogP contribution is -2.28. The van der Waals surface area contributed by atoms with Crippen LogP contribution in [0.3, 0.4) is 0 Å². The molecule has 0 amide bonds. The van der Waals surface area contributed by atoms with Crippen LogP contribution in [-0.4, -0.2) is 19.3 Å². The number of benzene rings is 1. The maximum Gasteiger partial charge on any atom is 0.123 e. The van der Waals surface area contributed by atoms with Gasteiger partial charge in [-0.05, 0) is 58.0 Å². The van der Waals surface area contributed by atoms with Crippen LogP contribution in [0.4, 0.5) is 4.39 Å². The average molecular weight is 239 g/mol. The zero-order valence-electron chi connectivity index (χ0n) is 11.3. The average Bonchev–Trinajstić information content (AvgIpc) is 2.22. The molecular formula is C14H22FNO. The lowest BCUT2D eigenvalue weighted by atomic mass is 10.0. The summed E-state index contributed by atoms with van der Waals surface area (Å²) in [4.78, 5) is 0. The maximum atomic E-state index is 13.2. The second-order valence-corrected chi connectivity index (χ2v) is 5.27. The van der Waals surface area contributed by atoms with Crippen LogP contribution in [0.1, 0.15) is 37.9 Å². The van der Waals surface area contributed by atoms with Crippen molar-refractivity contribution in [2.45, 2.75) is 39.3 Å². The molecule has 1 unspecified atom stereocenters. The molecule has 2 nitrogen and oxygen atoms in total. The van der Waals surface area contributed by atoms with E-state index in [1.54, 1.807) is 12.1 Å². The van der Waals surface area contributed by atoms with Crippen molar-refractivity contribution in [3.05, 3.63) is 35.1 Å². The molecule has 0 fully saturated rings. The van der Waals surface area contributed by atoms with Gasteiger partial charge in [0.15, 0.2) is 0 Å². The summed E-state index contributed by atoms with van der Waals surface area (Å²) in [5, 5.41) is 3.17. The van der Waals surface area contributed by atoms with Gasteiger partial charge in [0.2, 0.25) is 0 Å². The molecule has 0 heterocycles. The van der Waals surface area contributed by atoms with Gasteiger partial charge in [-0.25, -0.2) is 4.39 Å². The Labute approximate surface area is 103 Å². The normalized spacial score (nSPS) is 13.8. The summed E-state index contributed by atoms with van der Waals surface area (Å²) < 4.78 is 19.0. The van der Waals surface area contributed by atoms with Gasteiger partial charge in [0.1, 0.15) is 5.82 Å². The quantitative estimate of drug-likeness (QED) is 0.871.